The van der Waals surface area contributed by atoms with Crippen LogP contribution in [-0.2, 0) is 24.3 Å². The van der Waals surface area contributed by atoms with E-state index in [0.717, 1.165) is 61.5 Å². The Balaban J connectivity index is 1.18. The predicted octanol–water partition coefficient (Wildman–Crippen LogP) is 5.81. The molecule has 2 aromatic carbocycles. The molecule has 1 aliphatic carbocycles. The Hall–Kier alpha value is -3.89. The lowest BCUT2D eigenvalue weighted by Crippen LogP contribution is -2.50. The highest BCUT2D eigenvalue weighted by Crippen LogP contribution is 2.47. The number of ether oxygens (including phenoxy) is 2. The molecule has 1 N–H and O–H groups in total. The molecule has 1 saturated heterocycles. The van der Waals surface area contributed by atoms with Gasteiger partial charge in [0, 0.05) is 62.9 Å². The number of carboxylic acid groups (broad SMARTS) is 1. The van der Waals surface area contributed by atoms with Gasteiger partial charge in [-0.2, -0.15) is 0 Å². The Kier molecular flexibility index (Phi) is 8.64. The second-order valence-corrected chi connectivity index (χ2v) is 11.8. The van der Waals surface area contributed by atoms with Gasteiger partial charge in [-0.15, -0.1) is 0 Å². The summed E-state index contributed by atoms with van der Waals surface area (Å²) in [7, 11) is 1.49. The largest absolute Gasteiger partial charge is 0.494 e. The zero-order valence-electron chi connectivity index (χ0n) is 25.1. The van der Waals surface area contributed by atoms with Crippen molar-refractivity contribution >= 4 is 11.9 Å². The molecule has 0 bridgehead atoms. The molecule has 3 heterocycles. The quantitative estimate of drug-likeness (QED) is 0.312. The lowest BCUT2D eigenvalue weighted by molar-refractivity contribution is 0.0542. The summed E-state index contributed by atoms with van der Waals surface area (Å²) in [6, 6.07) is 9.28. The molecule has 0 unspecified atom stereocenters. The van der Waals surface area contributed by atoms with E-state index in [0.29, 0.717) is 60.3 Å². The number of halogens is 2. The summed E-state index contributed by atoms with van der Waals surface area (Å²) >= 11 is 0. The highest BCUT2D eigenvalue weighted by molar-refractivity contribution is 5.99. The second-order valence-electron chi connectivity index (χ2n) is 11.8. The number of aromatic nitrogens is 1. The van der Waals surface area contributed by atoms with Crippen molar-refractivity contribution in [3.05, 3.63) is 81.7 Å². The molecule has 44 heavy (non-hydrogen) atoms. The Labute approximate surface area is 255 Å². The summed E-state index contributed by atoms with van der Waals surface area (Å²) in [5.41, 5.74) is 4.58. The summed E-state index contributed by atoms with van der Waals surface area (Å²) < 4.78 is 39.7. The maximum atomic E-state index is 14.8. The number of likely N-dealkylation sites (tertiary alicyclic amines) is 1. The monoisotopic (exact) mass is 605 g/mol. The van der Waals surface area contributed by atoms with Gasteiger partial charge in [0.15, 0.2) is 0 Å². The molecule has 2 aliphatic heterocycles. The average Bonchev–Trinajstić information content (AvgIpc) is 3.84. The van der Waals surface area contributed by atoms with E-state index in [1.165, 1.54) is 25.3 Å². The summed E-state index contributed by atoms with van der Waals surface area (Å²) in [6.45, 7) is 5.24. The van der Waals surface area contributed by atoms with Crippen LogP contribution >= 0.6 is 0 Å². The normalized spacial score (nSPS) is 17.5. The molecule has 1 aromatic heterocycles. The number of pyridine rings is 1. The second kappa shape index (κ2) is 12.6. The number of carboxylic acids is 1. The SMILES string of the molecule is CCOc1cc(-c2ccc(F)cc2F)c(C2CC2)cc1CN1CCC(N2CCc3nc(COC)c(C(=O)O)cc3C2=O)CC1. The topological polar surface area (TPSA) is 92.2 Å². The van der Waals surface area contributed by atoms with Crippen molar-refractivity contribution in [3.8, 4) is 16.9 Å². The molecule has 10 heteroatoms. The summed E-state index contributed by atoms with van der Waals surface area (Å²) in [5, 5.41) is 9.68. The number of rotatable bonds is 10. The number of piperidine rings is 1. The molecule has 8 nitrogen and oxygen atoms in total. The van der Waals surface area contributed by atoms with Gasteiger partial charge in [-0.3, -0.25) is 14.7 Å². The van der Waals surface area contributed by atoms with Gasteiger partial charge in [0.1, 0.15) is 17.4 Å². The van der Waals surface area contributed by atoms with Gasteiger partial charge in [0.25, 0.3) is 5.91 Å². The number of carbonyl (C=O) groups is 2. The molecule has 0 radical (unpaired) electrons. The van der Waals surface area contributed by atoms with Crippen LogP contribution in [-0.4, -0.2) is 71.2 Å². The molecule has 0 atom stereocenters. The number of carbonyl (C=O) groups excluding carboxylic acids is 1. The van der Waals surface area contributed by atoms with E-state index in [9.17, 15) is 23.5 Å². The smallest absolute Gasteiger partial charge is 0.337 e. The van der Waals surface area contributed by atoms with Crippen LogP contribution in [0, 0.1) is 11.6 Å². The Bertz CT molecular complexity index is 1580. The van der Waals surface area contributed by atoms with E-state index in [4.69, 9.17) is 9.47 Å². The minimum atomic E-state index is -1.13. The van der Waals surface area contributed by atoms with Crippen LogP contribution in [0.15, 0.2) is 36.4 Å². The molecule has 3 aliphatic rings. The zero-order valence-corrected chi connectivity index (χ0v) is 25.1. The third kappa shape index (κ3) is 6.05. The van der Waals surface area contributed by atoms with Crippen molar-refractivity contribution in [1.29, 1.82) is 0 Å². The third-order valence-electron chi connectivity index (χ3n) is 8.94. The van der Waals surface area contributed by atoms with Crippen LogP contribution in [0.3, 0.4) is 0 Å². The van der Waals surface area contributed by atoms with Crippen molar-refractivity contribution < 1.29 is 33.0 Å². The minimum absolute atomic E-state index is 0.000487. The number of fused-ring (bicyclic) bond motifs is 1. The number of hydrogen-bond donors (Lipinski definition) is 1. The van der Waals surface area contributed by atoms with Gasteiger partial charge >= 0.3 is 5.97 Å². The first-order valence-electron chi connectivity index (χ1n) is 15.3. The molecule has 6 rings (SSSR count). The highest BCUT2D eigenvalue weighted by atomic mass is 19.1. The zero-order chi connectivity index (χ0) is 31.0. The Morgan fingerprint density at radius 3 is 2.45 bits per heavy atom. The Morgan fingerprint density at radius 2 is 1.80 bits per heavy atom. The Morgan fingerprint density at radius 1 is 1.02 bits per heavy atom. The van der Waals surface area contributed by atoms with Crippen LogP contribution in [0.5, 0.6) is 5.75 Å². The van der Waals surface area contributed by atoms with E-state index >= 15 is 0 Å². The van der Waals surface area contributed by atoms with Crippen molar-refractivity contribution in [2.24, 2.45) is 0 Å². The van der Waals surface area contributed by atoms with Crippen LogP contribution in [0.4, 0.5) is 8.78 Å². The summed E-state index contributed by atoms with van der Waals surface area (Å²) in [4.78, 5) is 34.1. The first-order chi connectivity index (χ1) is 21.3. The molecule has 232 valence electrons. The third-order valence-corrected chi connectivity index (χ3v) is 8.94. The first-order valence-corrected chi connectivity index (χ1v) is 15.3. The number of benzene rings is 2. The van der Waals surface area contributed by atoms with Crippen LogP contribution in [0.1, 0.15) is 81.8 Å². The van der Waals surface area contributed by atoms with E-state index in [1.54, 1.807) is 0 Å². The number of hydrogen-bond acceptors (Lipinski definition) is 6. The van der Waals surface area contributed by atoms with Crippen LogP contribution in [0.25, 0.3) is 11.1 Å². The van der Waals surface area contributed by atoms with E-state index in [-0.39, 0.29) is 24.1 Å². The molecule has 1 amide bonds. The molecule has 2 fully saturated rings. The summed E-state index contributed by atoms with van der Waals surface area (Å²) in [6.07, 6.45) is 4.24. The maximum absolute atomic E-state index is 14.8. The van der Waals surface area contributed by atoms with Crippen molar-refractivity contribution in [2.75, 3.05) is 33.4 Å². The molecule has 1 saturated carbocycles. The first kappa shape index (κ1) is 30.1. The standard InChI is InChI=1S/C34H37F2N3O5/c1-3-44-32-17-26(24-7-6-22(35)15-29(24)36)25(20-4-5-20)14-21(32)18-38-11-8-23(9-12-38)39-13-10-30-27(33(39)40)16-28(34(41)42)31(37-30)19-43-2/h6-7,14-17,20,23H,3-5,8-13,18-19H2,1-2H3,(H,41,42). The van der Waals surface area contributed by atoms with Gasteiger partial charge in [-0.05, 0) is 80.0 Å². The van der Waals surface area contributed by atoms with Crippen molar-refractivity contribution in [1.82, 2.24) is 14.8 Å². The van der Waals surface area contributed by atoms with Gasteiger partial charge < -0.3 is 19.5 Å². The van der Waals surface area contributed by atoms with Crippen LogP contribution < -0.4 is 4.74 Å². The van der Waals surface area contributed by atoms with Crippen molar-refractivity contribution in [2.45, 2.75) is 64.1 Å². The number of nitrogens with zero attached hydrogens (tertiary/aromatic N) is 3. The van der Waals surface area contributed by atoms with Crippen LogP contribution in [0.2, 0.25) is 0 Å². The van der Waals surface area contributed by atoms with Gasteiger partial charge in [-0.25, -0.2) is 13.6 Å². The number of amides is 1. The lowest BCUT2D eigenvalue weighted by atomic mass is 9.92. The fourth-order valence-electron chi connectivity index (χ4n) is 6.59. The average molecular weight is 606 g/mol. The summed E-state index contributed by atoms with van der Waals surface area (Å²) in [5.74, 6) is -1.42. The fourth-order valence-corrected chi connectivity index (χ4v) is 6.59. The number of methoxy groups -OCH3 is 1. The highest BCUT2D eigenvalue weighted by Gasteiger charge is 2.35. The van der Waals surface area contributed by atoms with Gasteiger partial charge in [0.05, 0.1) is 35.7 Å². The van der Waals surface area contributed by atoms with Gasteiger partial charge in [0.2, 0.25) is 0 Å². The fraction of sp³-hybridized carbons (Fsp3) is 0.441. The predicted molar refractivity (Wildman–Crippen MR) is 160 cm³/mol. The van der Waals surface area contributed by atoms with Crippen molar-refractivity contribution in [3.63, 3.8) is 0 Å². The lowest BCUT2D eigenvalue weighted by Gasteiger charge is -2.40. The molecular weight excluding hydrogens is 568 g/mol. The van der Waals surface area contributed by atoms with E-state index < -0.39 is 17.6 Å². The molecular formula is C34H37F2N3O5. The molecule has 0 spiro atoms. The van der Waals surface area contributed by atoms with Gasteiger partial charge in [-0.1, -0.05) is 0 Å². The minimum Gasteiger partial charge on any atom is -0.494 e. The van der Waals surface area contributed by atoms with E-state index in [1.807, 2.05) is 17.9 Å². The maximum Gasteiger partial charge on any atom is 0.337 e. The van der Waals surface area contributed by atoms with E-state index in [2.05, 4.69) is 16.0 Å². The number of aromatic carboxylic acids is 1. The molecule has 3 aromatic rings.